The zero-order valence-electron chi connectivity index (χ0n) is 16.3. The largest absolute Gasteiger partial charge is 0.469 e. The molecule has 4 aromatic rings. The number of carbonyl (C=O) groups is 1. The van der Waals surface area contributed by atoms with Crippen LogP contribution in [0.3, 0.4) is 0 Å². The number of carbonyl (C=O) groups excluding carboxylic acids is 1. The van der Waals surface area contributed by atoms with E-state index in [-0.39, 0.29) is 24.4 Å². The lowest BCUT2D eigenvalue weighted by Crippen LogP contribution is -2.26. The molecule has 3 aromatic heterocycles. The first-order valence-corrected chi connectivity index (χ1v) is 10.2. The Hall–Kier alpha value is -3.65. The summed E-state index contributed by atoms with van der Waals surface area (Å²) in [5.74, 6) is 0.638. The van der Waals surface area contributed by atoms with Crippen LogP contribution in [0.25, 0.3) is 11.0 Å². The molecule has 31 heavy (non-hydrogen) atoms. The summed E-state index contributed by atoms with van der Waals surface area (Å²) in [7, 11) is 0. The maximum Gasteiger partial charge on any atom is 0.278 e. The Morgan fingerprint density at radius 1 is 1.16 bits per heavy atom. The molecular formula is C22H18ClN5O3. The van der Waals surface area contributed by atoms with Crippen LogP contribution in [0.5, 0.6) is 5.88 Å². The fourth-order valence-electron chi connectivity index (χ4n) is 3.04. The Morgan fingerprint density at radius 3 is 2.81 bits per heavy atom. The smallest absolute Gasteiger partial charge is 0.278 e. The number of benzene rings is 1. The van der Waals surface area contributed by atoms with Crippen LogP contribution < -0.4 is 15.4 Å². The summed E-state index contributed by atoms with van der Waals surface area (Å²) in [5.41, 5.74) is 2.46. The van der Waals surface area contributed by atoms with E-state index in [0.717, 1.165) is 29.5 Å². The molecule has 0 spiro atoms. The molecule has 8 nitrogen and oxygen atoms in total. The third-order valence-corrected chi connectivity index (χ3v) is 5.06. The topological polar surface area (TPSA) is 102 Å². The molecule has 2 N–H and O–H groups in total. The van der Waals surface area contributed by atoms with E-state index in [1.165, 1.54) is 0 Å². The van der Waals surface area contributed by atoms with Crippen molar-refractivity contribution in [3.05, 3.63) is 71.2 Å². The Kier molecular flexibility index (Phi) is 5.13. The van der Waals surface area contributed by atoms with E-state index in [1.54, 1.807) is 42.8 Å². The first-order chi connectivity index (χ1) is 15.2. The zero-order valence-corrected chi connectivity index (χ0v) is 17.1. The third kappa shape index (κ3) is 4.44. The molecule has 1 amide bonds. The number of pyridine rings is 1. The van der Waals surface area contributed by atoms with Crippen molar-refractivity contribution in [3.63, 3.8) is 0 Å². The van der Waals surface area contributed by atoms with Gasteiger partial charge in [0.15, 0.2) is 5.82 Å². The van der Waals surface area contributed by atoms with Crippen molar-refractivity contribution < 1.29 is 13.9 Å². The molecule has 0 atom stereocenters. The molecule has 156 valence electrons. The van der Waals surface area contributed by atoms with Gasteiger partial charge in [-0.1, -0.05) is 11.6 Å². The number of fused-ring (bicyclic) bond motifs is 1. The molecule has 1 saturated carbocycles. The zero-order chi connectivity index (χ0) is 21.2. The summed E-state index contributed by atoms with van der Waals surface area (Å²) < 4.78 is 11.4. The normalized spacial score (nSPS) is 13.2. The van der Waals surface area contributed by atoms with Crippen molar-refractivity contribution in [2.24, 2.45) is 0 Å². The highest BCUT2D eigenvalue weighted by Crippen LogP contribution is 2.31. The number of aromatic nitrogens is 3. The lowest BCUT2D eigenvalue weighted by atomic mass is 10.2. The molecular weight excluding hydrogens is 418 g/mol. The van der Waals surface area contributed by atoms with Gasteiger partial charge in [-0.25, -0.2) is 0 Å². The number of halogens is 1. The highest BCUT2D eigenvalue weighted by molar-refractivity contribution is 6.30. The minimum absolute atomic E-state index is 0.171. The summed E-state index contributed by atoms with van der Waals surface area (Å²) in [5, 5.41) is 15.9. The van der Waals surface area contributed by atoms with Crippen LogP contribution in [0.2, 0.25) is 5.02 Å². The number of nitrogens with zero attached hydrogens (tertiary/aromatic N) is 3. The SMILES string of the molecule is O=C(NC1CC1)c1cc(COc2nnc(Nc3ccc(Cl)cc3)c3ccoc23)ccn1. The number of furan rings is 1. The summed E-state index contributed by atoms with van der Waals surface area (Å²) in [6, 6.07) is 12.8. The van der Waals surface area contributed by atoms with E-state index in [9.17, 15) is 4.79 Å². The van der Waals surface area contributed by atoms with Crippen molar-refractivity contribution in [3.8, 4) is 5.88 Å². The van der Waals surface area contributed by atoms with Gasteiger partial charge in [0.05, 0.1) is 11.6 Å². The van der Waals surface area contributed by atoms with Crippen LogP contribution >= 0.6 is 11.6 Å². The summed E-state index contributed by atoms with van der Waals surface area (Å²) in [4.78, 5) is 16.3. The van der Waals surface area contributed by atoms with Gasteiger partial charge in [0.25, 0.3) is 11.8 Å². The van der Waals surface area contributed by atoms with Crippen LogP contribution in [0.4, 0.5) is 11.5 Å². The molecule has 1 aromatic carbocycles. The predicted octanol–water partition coefficient (Wildman–Crippen LogP) is 4.49. The van der Waals surface area contributed by atoms with Crippen LogP contribution in [-0.2, 0) is 6.61 Å². The van der Waals surface area contributed by atoms with Gasteiger partial charge >= 0.3 is 0 Å². The Balaban J connectivity index is 1.31. The average Bonchev–Trinajstić information content (AvgIpc) is 3.46. The van der Waals surface area contributed by atoms with E-state index in [2.05, 4.69) is 25.8 Å². The molecule has 3 heterocycles. The Morgan fingerprint density at radius 2 is 2.00 bits per heavy atom. The van der Waals surface area contributed by atoms with Gasteiger partial charge in [-0.15, -0.1) is 10.2 Å². The fraction of sp³-hybridized carbons (Fsp3) is 0.182. The van der Waals surface area contributed by atoms with E-state index >= 15 is 0 Å². The number of rotatable bonds is 7. The first-order valence-electron chi connectivity index (χ1n) is 9.81. The van der Waals surface area contributed by atoms with Crippen LogP contribution in [0.1, 0.15) is 28.9 Å². The van der Waals surface area contributed by atoms with Gasteiger partial charge < -0.3 is 19.8 Å². The maximum absolute atomic E-state index is 12.2. The highest BCUT2D eigenvalue weighted by Gasteiger charge is 2.24. The Bertz CT molecular complexity index is 1240. The van der Waals surface area contributed by atoms with Crippen molar-refractivity contribution in [2.75, 3.05) is 5.32 Å². The van der Waals surface area contributed by atoms with Gasteiger partial charge in [0.2, 0.25) is 5.58 Å². The van der Waals surface area contributed by atoms with Gasteiger partial charge in [-0.2, -0.15) is 0 Å². The van der Waals surface area contributed by atoms with E-state index in [1.807, 2.05) is 12.1 Å². The van der Waals surface area contributed by atoms with Crippen LogP contribution in [0.15, 0.2) is 59.3 Å². The van der Waals surface area contributed by atoms with E-state index in [0.29, 0.717) is 22.1 Å². The summed E-state index contributed by atoms with van der Waals surface area (Å²) in [6.07, 6.45) is 5.19. The number of nitrogens with one attached hydrogen (secondary N) is 2. The molecule has 0 saturated heterocycles. The predicted molar refractivity (Wildman–Crippen MR) is 116 cm³/mol. The highest BCUT2D eigenvalue weighted by atomic mass is 35.5. The number of amides is 1. The minimum Gasteiger partial charge on any atom is -0.469 e. The van der Waals surface area contributed by atoms with Crippen LogP contribution in [0, 0.1) is 0 Å². The molecule has 0 bridgehead atoms. The number of ether oxygens (including phenoxy) is 1. The van der Waals surface area contributed by atoms with E-state index in [4.69, 9.17) is 20.8 Å². The second-order valence-corrected chi connectivity index (χ2v) is 7.67. The molecule has 0 aliphatic heterocycles. The quantitative estimate of drug-likeness (QED) is 0.441. The van der Waals surface area contributed by atoms with Crippen molar-refractivity contribution in [2.45, 2.75) is 25.5 Å². The second kappa shape index (κ2) is 8.23. The van der Waals surface area contributed by atoms with E-state index < -0.39 is 0 Å². The maximum atomic E-state index is 12.2. The third-order valence-electron chi connectivity index (χ3n) is 4.81. The van der Waals surface area contributed by atoms with Gasteiger partial charge in [0, 0.05) is 22.9 Å². The number of anilines is 2. The minimum atomic E-state index is -0.171. The second-order valence-electron chi connectivity index (χ2n) is 7.23. The van der Waals surface area contributed by atoms with Crippen molar-refractivity contribution in [1.82, 2.24) is 20.5 Å². The molecule has 1 fully saturated rings. The molecule has 0 radical (unpaired) electrons. The standard InChI is InChI=1S/C22H18ClN5O3/c23-14-1-3-15(4-2-14)25-20-17-8-10-30-19(17)22(28-27-20)31-12-13-7-9-24-18(11-13)21(29)26-16-5-6-16/h1-4,7-11,16H,5-6,12H2,(H,25,27)(H,26,29). The van der Waals surface area contributed by atoms with Gasteiger partial charge in [-0.05, 0) is 60.9 Å². The van der Waals surface area contributed by atoms with Crippen molar-refractivity contribution >= 4 is 40.0 Å². The molecule has 5 rings (SSSR count). The summed E-state index contributed by atoms with van der Waals surface area (Å²) in [6.45, 7) is 0.195. The Labute approximate surface area is 182 Å². The monoisotopic (exact) mass is 435 g/mol. The molecule has 1 aliphatic rings. The molecule has 0 unspecified atom stereocenters. The first kappa shape index (κ1) is 19.3. The molecule has 1 aliphatic carbocycles. The van der Waals surface area contributed by atoms with Crippen molar-refractivity contribution in [1.29, 1.82) is 0 Å². The van der Waals surface area contributed by atoms with Crippen LogP contribution in [-0.4, -0.2) is 27.1 Å². The van der Waals surface area contributed by atoms with Gasteiger partial charge in [-0.3, -0.25) is 9.78 Å². The molecule has 9 heteroatoms. The number of hydrogen-bond acceptors (Lipinski definition) is 7. The van der Waals surface area contributed by atoms with Gasteiger partial charge in [0.1, 0.15) is 12.3 Å². The summed E-state index contributed by atoms with van der Waals surface area (Å²) >= 11 is 5.94. The lowest BCUT2D eigenvalue weighted by Gasteiger charge is -2.09. The fourth-order valence-corrected chi connectivity index (χ4v) is 3.17. The number of hydrogen-bond donors (Lipinski definition) is 2. The average molecular weight is 436 g/mol. The lowest BCUT2D eigenvalue weighted by molar-refractivity contribution is 0.0946.